The lowest BCUT2D eigenvalue weighted by Gasteiger charge is -2.13. The molecule has 0 unspecified atom stereocenters. The molecule has 1 aliphatic carbocycles. The molecule has 1 aliphatic rings. The van der Waals surface area contributed by atoms with Crippen LogP contribution < -0.4 is 0 Å². The molecule has 70 valence electrons. The third kappa shape index (κ3) is 1.55. The fourth-order valence-electron chi connectivity index (χ4n) is 1.95. The predicted molar refractivity (Wildman–Crippen MR) is 54.2 cm³/mol. The zero-order chi connectivity index (χ0) is 9.42. The van der Waals surface area contributed by atoms with Gasteiger partial charge in [-0.1, -0.05) is 26.0 Å². The Morgan fingerprint density at radius 2 is 2.00 bits per heavy atom. The lowest BCUT2D eigenvalue weighted by molar-refractivity contribution is 0.463. The van der Waals surface area contributed by atoms with Crippen LogP contribution in [0.4, 0.5) is 0 Å². The van der Waals surface area contributed by atoms with Crippen LogP contribution in [0, 0.1) is 0 Å². The minimum absolute atomic E-state index is 0.428. The maximum absolute atomic E-state index is 9.74. The van der Waals surface area contributed by atoms with Crippen molar-refractivity contribution in [1.82, 2.24) is 0 Å². The number of rotatable bonds is 2. The lowest BCUT2D eigenvalue weighted by Crippen LogP contribution is -1.94. The van der Waals surface area contributed by atoms with Crippen LogP contribution in [-0.2, 0) is 0 Å². The molecule has 0 radical (unpaired) electrons. The van der Waals surface area contributed by atoms with Crippen molar-refractivity contribution in [2.45, 2.75) is 38.5 Å². The molecular formula is C12H16O. The van der Waals surface area contributed by atoms with Crippen LogP contribution in [0.3, 0.4) is 0 Å². The van der Waals surface area contributed by atoms with E-state index in [4.69, 9.17) is 0 Å². The maximum Gasteiger partial charge on any atom is 0.119 e. The van der Waals surface area contributed by atoms with E-state index in [1.807, 2.05) is 6.07 Å². The molecule has 1 aromatic rings. The van der Waals surface area contributed by atoms with Gasteiger partial charge in [0, 0.05) is 0 Å². The summed E-state index contributed by atoms with van der Waals surface area (Å²) in [5.41, 5.74) is 2.53. The van der Waals surface area contributed by atoms with Gasteiger partial charge >= 0.3 is 0 Å². The number of phenolic OH excluding ortho intramolecular Hbond substituents is 1. The van der Waals surface area contributed by atoms with Crippen LogP contribution in [0.5, 0.6) is 5.75 Å². The molecular weight excluding hydrogens is 160 g/mol. The SMILES string of the molecule is CC(C)c1c(O)cccc1C1CC1. The third-order valence-electron chi connectivity index (χ3n) is 2.71. The Morgan fingerprint density at radius 3 is 2.54 bits per heavy atom. The molecule has 1 N–H and O–H groups in total. The standard InChI is InChI=1S/C12H16O/c1-8(2)12-10(9-6-7-9)4-3-5-11(12)13/h3-5,8-9,13H,6-7H2,1-2H3. The zero-order valence-corrected chi connectivity index (χ0v) is 8.25. The van der Waals surface area contributed by atoms with E-state index in [1.54, 1.807) is 6.07 Å². The van der Waals surface area contributed by atoms with Crippen LogP contribution in [0.25, 0.3) is 0 Å². The van der Waals surface area contributed by atoms with Crippen LogP contribution in [0.2, 0.25) is 0 Å². The minimum atomic E-state index is 0.428. The van der Waals surface area contributed by atoms with Crippen molar-refractivity contribution in [3.8, 4) is 5.75 Å². The van der Waals surface area contributed by atoms with Gasteiger partial charge in [-0.2, -0.15) is 0 Å². The number of phenols is 1. The molecule has 1 nitrogen and oxygen atoms in total. The Bertz CT molecular complexity index is 311. The lowest BCUT2D eigenvalue weighted by atomic mass is 9.93. The number of hydrogen-bond acceptors (Lipinski definition) is 1. The topological polar surface area (TPSA) is 20.2 Å². The molecule has 1 heteroatoms. The van der Waals surface area contributed by atoms with E-state index in [-0.39, 0.29) is 0 Å². The summed E-state index contributed by atoms with van der Waals surface area (Å²) >= 11 is 0. The molecule has 0 aliphatic heterocycles. The Morgan fingerprint density at radius 1 is 1.31 bits per heavy atom. The zero-order valence-electron chi connectivity index (χ0n) is 8.25. The second-order valence-electron chi connectivity index (χ2n) is 4.21. The number of benzene rings is 1. The van der Waals surface area contributed by atoms with E-state index in [1.165, 1.54) is 18.4 Å². The fraction of sp³-hybridized carbons (Fsp3) is 0.500. The normalized spacial score (nSPS) is 16.5. The summed E-state index contributed by atoms with van der Waals surface area (Å²) in [5.74, 6) is 1.63. The summed E-state index contributed by atoms with van der Waals surface area (Å²) < 4.78 is 0. The van der Waals surface area contributed by atoms with Gasteiger partial charge in [-0.3, -0.25) is 0 Å². The van der Waals surface area contributed by atoms with E-state index in [9.17, 15) is 5.11 Å². The van der Waals surface area contributed by atoms with Crippen molar-refractivity contribution in [3.63, 3.8) is 0 Å². The van der Waals surface area contributed by atoms with Gasteiger partial charge in [-0.15, -0.1) is 0 Å². The second kappa shape index (κ2) is 3.06. The fourth-order valence-corrected chi connectivity index (χ4v) is 1.95. The Kier molecular flexibility index (Phi) is 2.03. The van der Waals surface area contributed by atoms with Gasteiger partial charge in [-0.25, -0.2) is 0 Å². The Labute approximate surface area is 79.4 Å². The quantitative estimate of drug-likeness (QED) is 0.732. The molecule has 2 rings (SSSR count). The molecule has 1 aromatic carbocycles. The highest BCUT2D eigenvalue weighted by Gasteiger charge is 2.27. The molecule has 1 fully saturated rings. The van der Waals surface area contributed by atoms with Crippen molar-refractivity contribution in [1.29, 1.82) is 0 Å². The van der Waals surface area contributed by atoms with Crippen LogP contribution in [0.15, 0.2) is 18.2 Å². The summed E-state index contributed by atoms with van der Waals surface area (Å²) in [6.45, 7) is 4.28. The number of aromatic hydroxyl groups is 1. The van der Waals surface area contributed by atoms with Crippen molar-refractivity contribution in [2.24, 2.45) is 0 Å². The predicted octanol–water partition coefficient (Wildman–Crippen LogP) is 3.39. The highest BCUT2D eigenvalue weighted by molar-refractivity contribution is 5.44. The largest absolute Gasteiger partial charge is 0.508 e. The molecule has 0 aromatic heterocycles. The van der Waals surface area contributed by atoms with E-state index in [0.717, 1.165) is 11.5 Å². The molecule has 0 amide bonds. The van der Waals surface area contributed by atoms with Crippen LogP contribution in [-0.4, -0.2) is 5.11 Å². The highest BCUT2D eigenvalue weighted by Crippen LogP contribution is 2.45. The summed E-state index contributed by atoms with van der Waals surface area (Å²) in [6.07, 6.45) is 2.59. The summed E-state index contributed by atoms with van der Waals surface area (Å²) in [5, 5.41) is 9.74. The molecule has 0 bridgehead atoms. The molecule has 0 saturated heterocycles. The van der Waals surface area contributed by atoms with Gasteiger partial charge in [0.15, 0.2) is 0 Å². The first-order chi connectivity index (χ1) is 6.20. The first kappa shape index (κ1) is 8.61. The summed E-state index contributed by atoms with van der Waals surface area (Å²) in [6, 6.07) is 5.91. The summed E-state index contributed by atoms with van der Waals surface area (Å²) in [4.78, 5) is 0. The average Bonchev–Trinajstić information content (AvgIpc) is 2.85. The first-order valence-corrected chi connectivity index (χ1v) is 5.02. The van der Waals surface area contributed by atoms with Crippen molar-refractivity contribution < 1.29 is 5.11 Å². The van der Waals surface area contributed by atoms with E-state index >= 15 is 0 Å². The van der Waals surface area contributed by atoms with Gasteiger partial charge in [0.05, 0.1) is 0 Å². The molecule has 0 atom stereocenters. The van der Waals surface area contributed by atoms with Crippen LogP contribution in [0.1, 0.15) is 49.7 Å². The van der Waals surface area contributed by atoms with Gasteiger partial charge in [-0.05, 0) is 41.9 Å². The number of hydrogen-bond donors (Lipinski definition) is 1. The van der Waals surface area contributed by atoms with Crippen molar-refractivity contribution in [2.75, 3.05) is 0 Å². The minimum Gasteiger partial charge on any atom is -0.508 e. The van der Waals surface area contributed by atoms with Crippen molar-refractivity contribution >= 4 is 0 Å². The smallest absolute Gasteiger partial charge is 0.119 e. The Hall–Kier alpha value is -0.980. The van der Waals surface area contributed by atoms with E-state index in [0.29, 0.717) is 11.7 Å². The van der Waals surface area contributed by atoms with Gasteiger partial charge in [0.2, 0.25) is 0 Å². The Balaban J connectivity index is 2.47. The molecule has 13 heavy (non-hydrogen) atoms. The van der Waals surface area contributed by atoms with E-state index < -0.39 is 0 Å². The van der Waals surface area contributed by atoms with Crippen molar-refractivity contribution in [3.05, 3.63) is 29.3 Å². The second-order valence-corrected chi connectivity index (χ2v) is 4.21. The molecule has 1 saturated carbocycles. The van der Waals surface area contributed by atoms with Crippen LogP contribution >= 0.6 is 0 Å². The van der Waals surface area contributed by atoms with Gasteiger partial charge in [0.1, 0.15) is 5.75 Å². The first-order valence-electron chi connectivity index (χ1n) is 5.02. The van der Waals surface area contributed by atoms with Gasteiger partial charge < -0.3 is 5.11 Å². The summed E-state index contributed by atoms with van der Waals surface area (Å²) in [7, 11) is 0. The monoisotopic (exact) mass is 176 g/mol. The molecule has 0 spiro atoms. The van der Waals surface area contributed by atoms with E-state index in [2.05, 4.69) is 19.9 Å². The molecule has 0 heterocycles. The average molecular weight is 176 g/mol. The highest BCUT2D eigenvalue weighted by atomic mass is 16.3. The van der Waals surface area contributed by atoms with Gasteiger partial charge in [0.25, 0.3) is 0 Å². The maximum atomic E-state index is 9.74. The third-order valence-corrected chi connectivity index (χ3v) is 2.71.